The number of aromatic amines is 1. The van der Waals surface area contributed by atoms with Crippen molar-refractivity contribution in [2.24, 2.45) is 4.99 Å². The van der Waals surface area contributed by atoms with Gasteiger partial charge in [-0.3, -0.25) is 10.1 Å². The Kier molecular flexibility index (Phi) is 7.10. The molecule has 2 rings (SSSR count). The number of aliphatic imine (C=N–C) groups is 1. The first-order valence-corrected chi connectivity index (χ1v) is 8.22. The smallest absolute Gasteiger partial charge is 0.191 e. The van der Waals surface area contributed by atoms with Crippen LogP contribution in [0.3, 0.4) is 0 Å². The van der Waals surface area contributed by atoms with Gasteiger partial charge in [0.15, 0.2) is 11.8 Å². The van der Waals surface area contributed by atoms with Gasteiger partial charge in [0.05, 0.1) is 0 Å². The number of H-pyrrole nitrogens is 1. The van der Waals surface area contributed by atoms with Gasteiger partial charge in [0.2, 0.25) is 0 Å². The van der Waals surface area contributed by atoms with Gasteiger partial charge in [-0.2, -0.15) is 5.10 Å². The van der Waals surface area contributed by atoms with Crippen molar-refractivity contribution < 1.29 is 0 Å². The number of unbranched alkanes of at least 4 members (excludes halogenated alkanes) is 3. The highest BCUT2D eigenvalue weighted by atomic mass is 15.2. The van der Waals surface area contributed by atoms with Crippen molar-refractivity contribution in [1.82, 2.24) is 25.8 Å². The molecule has 0 radical (unpaired) electrons. The summed E-state index contributed by atoms with van der Waals surface area (Å²) in [6.07, 6.45) is 6.51. The second-order valence-corrected chi connectivity index (χ2v) is 5.45. The third-order valence-electron chi connectivity index (χ3n) is 3.62. The average molecular weight is 314 g/mol. The second kappa shape index (κ2) is 9.61. The van der Waals surface area contributed by atoms with Crippen LogP contribution in [-0.2, 0) is 6.54 Å². The molecule has 0 aliphatic heterocycles. The van der Waals surface area contributed by atoms with E-state index >= 15 is 0 Å². The van der Waals surface area contributed by atoms with Gasteiger partial charge in [0, 0.05) is 25.7 Å². The predicted molar refractivity (Wildman–Crippen MR) is 94.2 cm³/mol. The van der Waals surface area contributed by atoms with Crippen molar-refractivity contribution in [1.29, 1.82) is 0 Å². The van der Waals surface area contributed by atoms with E-state index < -0.39 is 0 Å². The third-order valence-corrected chi connectivity index (χ3v) is 3.62. The highest BCUT2D eigenvalue weighted by Gasteiger charge is 2.03. The van der Waals surface area contributed by atoms with Crippen LogP contribution in [0.1, 0.15) is 38.2 Å². The van der Waals surface area contributed by atoms with Crippen molar-refractivity contribution in [2.75, 3.05) is 13.6 Å². The zero-order chi connectivity index (χ0) is 16.3. The Balaban J connectivity index is 1.81. The van der Waals surface area contributed by atoms with Crippen molar-refractivity contribution in [3.05, 3.63) is 36.2 Å². The first-order valence-electron chi connectivity index (χ1n) is 8.22. The molecular weight excluding hydrogens is 288 g/mol. The minimum absolute atomic E-state index is 0.719. The number of aromatic nitrogens is 3. The Morgan fingerprint density at radius 1 is 1.22 bits per heavy atom. The number of rotatable bonds is 8. The van der Waals surface area contributed by atoms with Crippen LogP contribution < -0.4 is 10.6 Å². The highest BCUT2D eigenvalue weighted by Crippen LogP contribution is 2.15. The lowest BCUT2D eigenvalue weighted by molar-refractivity contribution is 0.647. The van der Waals surface area contributed by atoms with E-state index in [9.17, 15) is 0 Å². The van der Waals surface area contributed by atoms with E-state index in [1.165, 1.54) is 37.6 Å². The number of hydrogen-bond donors (Lipinski definition) is 3. The van der Waals surface area contributed by atoms with Gasteiger partial charge in [-0.25, -0.2) is 4.98 Å². The molecule has 6 nitrogen and oxygen atoms in total. The molecule has 3 N–H and O–H groups in total. The summed E-state index contributed by atoms with van der Waals surface area (Å²) in [5, 5.41) is 13.5. The maximum absolute atomic E-state index is 4.26. The molecule has 0 saturated heterocycles. The molecular formula is C17H26N6. The SMILES string of the molecule is CCCCCCNC(=NC)NCc1cccc(-c2ncn[nH]2)c1. The topological polar surface area (TPSA) is 78.0 Å². The Labute approximate surface area is 137 Å². The number of nitrogens with one attached hydrogen (secondary N) is 3. The third kappa shape index (κ3) is 5.73. The Bertz CT molecular complexity index is 591. The molecule has 1 aromatic carbocycles. The molecule has 0 saturated carbocycles. The molecule has 0 aliphatic rings. The van der Waals surface area contributed by atoms with Gasteiger partial charge in [-0.1, -0.05) is 44.4 Å². The Morgan fingerprint density at radius 2 is 2.13 bits per heavy atom. The summed E-state index contributed by atoms with van der Waals surface area (Å²) in [6, 6.07) is 8.23. The summed E-state index contributed by atoms with van der Waals surface area (Å²) >= 11 is 0. The largest absolute Gasteiger partial charge is 0.356 e. The summed E-state index contributed by atoms with van der Waals surface area (Å²) in [7, 11) is 1.80. The fourth-order valence-electron chi connectivity index (χ4n) is 2.34. The summed E-state index contributed by atoms with van der Waals surface area (Å²) < 4.78 is 0. The molecule has 0 atom stereocenters. The van der Waals surface area contributed by atoms with E-state index in [0.29, 0.717) is 0 Å². The number of guanidine groups is 1. The van der Waals surface area contributed by atoms with Crippen molar-refractivity contribution in [3.63, 3.8) is 0 Å². The first kappa shape index (κ1) is 17.0. The quantitative estimate of drug-likeness (QED) is 0.398. The maximum Gasteiger partial charge on any atom is 0.191 e. The number of benzene rings is 1. The lowest BCUT2D eigenvalue weighted by atomic mass is 10.1. The van der Waals surface area contributed by atoms with Crippen LogP contribution in [0.5, 0.6) is 0 Å². The maximum atomic E-state index is 4.26. The van der Waals surface area contributed by atoms with Gasteiger partial charge in [0.1, 0.15) is 6.33 Å². The van der Waals surface area contributed by atoms with Gasteiger partial charge >= 0.3 is 0 Å². The van der Waals surface area contributed by atoms with Crippen LogP contribution in [0.2, 0.25) is 0 Å². The van der Waals surface area contributed by atoms with Crippen LogP contribution in [0.25, 0.3) is 11.4 Å². The normalized spacial score (nSPS) is 11.5. The first-order chi connectivity index (χ1) is 11.3. The minimum Gasteiger partial charge on any atom is -0.356 e. The van der Waals surface area contributed by atoms with Gasteiger partial charge in [-0.15, -0.1) is 0 Å². The van der Waals surface area contributed by atoms with Crippen molar-refractivity contribution >= 4 is 5.96 Å². The minimum atomic E-state index is 0.719. The zero-order valence-corrected chi connectivity index (χ0v) is 14.0. The summed E-state index contributed by atoms with van der Waals surface area (Å²) in [5.74, 6) is 1.62. The van der Waals surface area contributed by atoms with Crippen LogP contribution in [0.4, 0.5) is 0 Å². The number of nitrogens with zero attached hydrogens (tertiary/aromatic N) is 3. The monoisotopic (exact) mass is 314 g/mol. The average Bonchev–Trinajstić information content (AvgIpc) is 3.12. The molecule has 1 heterocycles. The zero-order valence-electron chi connectivity index (χ0n) is 14.0. The van der Waals surface area contributed by atoms with Gasteiger partial charge in [-0.05, 0) is 18.1 Å². The Morgan fingerprint density at radius 3 is 2.87 bits per heavy atom. The van der Waals surface area contributed by atoms with E-state index in [1.54, 1.807) is 7.05 Å². The fraction of sp³-hybridized carbons (Fsp3) is 0.471. The van der Waals surface area contributed by atoms with Gasteiger partial charge in [0.25, 0.3) is 0 Å². The Hall–Kier alpha value is -2.37. The molecule has 0 spiro atoms. The summed E-state index contributed by atoms with van der Waals surface area (Å²) in [5.41, 5.74) is 2.21. The van der Waals surface area contributed by atoms with E-state index in [2.05, 4.69) is 49.9 Å². The standard InChI is InChI=1S/C17H26N6/c1-3-4-5-6-10-19-17(18-2)20-12-14-8-7-9-15(11-14)16-21-13-22-23-16/h7-9,11,13H,3-6,10,12H2,1-2H3,(H2,18,19,20)(H,21,22,23). The second-order valence-electron chi connectivity index (χ2n) is 5.45. The molecule has 2 aromatic rings. The molecule has 6 heteroatoms. The van der Waals surface area contributed by atoms with Crippen LogP contribution in [0, 0.1) is 0 Å². The van der Waals surface area contributed by atoms with Gasteiger partial charge < -0.3 is 10.6 Å². The number of hydrogen-bond acceptors (Lipinski definition) is 3. The van der Waals surface area contributed by atoms with Crippen molar-refractivity contribution in [3.8, 4) is 11.4 Å². The van der Waals surface area contributed by atoms with E-state index in [1.807, 2.05) is 12.1 Å². The molecule has 0 aliphatic carbocycles. The molecule has 23 heavy (non-hydrogen) atoms. The predicted octanol–water partition coefficient (Wildman–Crippen LogP) is 2.72. The molecule has 0 amide bonds. The molecule has 1 aromatic heterocycles. The molecule has 0 bridgehead atoms. The summed E-state index contributed by atoms with van der Waals surface area (Å²) in [6.45, 7) is 3.90. The van der Waals surface area contributed by atoms with Crippen LogP contribution in [-0.4, -0.2) is 34.7 Å². The van der Waals surface area contributed by atoms with Crippen LogP contribution >= 0.6 is 0 Å². The van der Waals surface area contributed by atoms with E-state index in [4.69, 9.17) is 0 Å². The highest BCUT2D eigenvalue weighted by molar-refractivity contribution is 5.79. The molecule has 124 valence electrons. The molecule has 0 fully saturated rings. The van der Waals surface area contributed by atoms with E-state index in [0.717, 1.165) is 30.4 Å². The van der Waals surface area contributed by atoms with Crippen LogP contribution in [0.15, 0.2) is 35.6 Å². The lowest BCUT2D eigenvalue weighted by Gasteiger charge is -2.12. The molecule has 0 unspecified atom stereocenters. The lowest BCUT2D eigenvalue weighted by Crippen LogP contribution is -2.37. The summed E-state index contributed by atoms with van der Waals surface area (Å²) in [4.78, 5) is 8.44. The van der Waals surface area contributed by atoms with Crippen molar-refractivity contribution in [2.45, 2.75) is 39.2 Å². The fourth-order valence-corrected chi connectivity index (χ4v) is 2.34. The van der Waals surface area contributed by atoms with E-state index in [-0.39, 0.29) is 0 Å².